The van der Waals surface area contributed by atoms with Crippen molar-refractivity contribution in [2.45, 2.75) is 43.6 Å². The Kier molecular flexibility index (Phi) is 6.20. The SMILES string of the molecule is Cn1cnc(S(=O)(=O)NCCCCCN2CCCCC2)c1. The Labute approximate surface area is 127 Å². The molecule has 0 bridgehead atoms. The molecule has 2 heterocycles. The van der Waals surface area contributed by atoms with Crippen LogP contribution in [0.2, 0.25) is 0 Å². The molecule has 0 aliphatic carbocycles. The molecule has 7 heteroatoms. The highest BCUT2D eigenvalue weighted by Gasteiger charge is 2.15. The van der Waals surface area contributed by atoms with Crippen LogP contribution in [0.25, 0.3) is 0 Å². The van der Waals surface area contributed by atoms with Crippen LogP contribution in [-0.2, 0) is 17.1 Å². The molecule has 1 aliphatic heterocycles. The lowest BCUT2D eigenvalue weighted by Gasteiger charge is -2.26. The van der Waals surface area contributed by atoms with Gasteiger partial charge in [0.2, 0.25) is 0 Å². The van der Waals surface area contributed by atoms with Gasteiger partial charge in [0.25, 0.3) is 10.0 Å². The molecule has 0 unspecified atom stereocenters. The van der Waals surface area contributed by atoms with Crippen molar-refractivity contribution >= 4 is 10.0 Å². The number of hydrogen-bond acceptors (Lipinski definition) is 4. The predicted octanol–water partition coefficient (Wildman–Crippen LogP) is 1.35. The summed E-state index contributed by atoms with van der Waals surface area (Å²) in [5, 5.41) is 0.0957. The molecule has 0 spiro atoms. The molecule has 1 N–H and O–H groups in total. The van der Waals surface area contributed by atoms with Crippen molar-refractivity contribution in [2.75, 3.05) is 26.2 Å². The third-order valence-electron chi connectivity index (χ3n) is 3.85. The lowest BCUT2D eigenvalue weighted by Crippen LogP contribution is -2.30. The number of rotatable bonds is 8. The van der Waals surface area contributed by atoms with Crippen molar-refractivity contribution in [1.29, 1.82) is 0 Å². The largest absolute Gasteiger partial charge is 0.339 e. The van der Waals surface area contributed by atoms with E-state index in [-0.39, 0.29) is 5.03 Å². The second kappa shape index (κ2) is 7.91. The first-order valence-electron chi connectivity index (χ1n) is 7.78. The molecule has 0 aromatic carbocycles. The third-order valence-corrected chi connectivity index (χ3v) is 5.19. The van der Waals surface area contributed by atoms with Crippen LogP contribution in [0, 0.1) is 0 Å². The quantitative estimate of drug-likeness (QED) is 0.736. The minimum atomic E-state index is -3.44. The van der Waals surface area contributed by atoms with Crippen molar-refractivity contribution in [2.24, 2.45) is 7.05 Å². The fourth-order valence-electron chi connectivity index (χ4n) is 2.63. The van der Waals surface area contributed by atoms with Gasteiger partial charge in [0.05, 0.1) is 6.33 Å². The summed E-state index contributed by atoms with van der Waals surface area (Å²) in [4.78, 5) is 6.38. The molecule has 0 saturated carbocycles. The third kappa shape index (κ3) is 5.41. The standard InChI is InChI=1S/C14H26N4O2S/c1-17-12-14(15-13-17)21(19,20)16-8-4-2-5-9-18-10-6-3-7-11-18/h12-13,16H,2-11H2,1H3. The number of likely N-dealkylation sites (tertiary alicyclic amines) is 1. The highest BCUT2D eigenvalue weighted by Crippen LogP contribution is 2.10. The molecular formula is C14H26N4O2S. The lowest BCUT2D eigenvalue weighted by molar-refractivity contribution is 0.224. The summed E-state index contributed by atoms with van der Waals surface area (Å²) >= 11 is 0. The number of imidazole rings is 1. The number of hydrogen-bond donors (Lipinski definition) is 1. The van der Waals surface area contributed by atoms with Gasteiger partial charge in [-0.3, -0.25) is 0 Å². The number of aryl methyl sites for hydroxylation is 1. The van der Waals surface area contributed by atoms with E-state index >= 15 is 0 Å². The topological polar surface area (TPSA) is 67.2 Å². The Morgan fingerprint density at radius 1 is 1.19 bits per heavy atom. The molecule has 0 radical (unpaired) electrons. The summed E-state index contributed by atoms with van der Waals surface area (Å²) in [5.74, 6) is 0. The van der Waals surface area contributed by atoms with E-state index in [1.807, 2.05) is 0 Å². The molecule has 21 heavy (non-hydrogen) atoms. The van der Waals surface area contributed by atoms with Crippen LogP contribution in [0.3, 0.4) is 0 Å². The lowest BCUT2D eigenvalue weighted by atomic mass is 10.1. The first kappa shape index (κ1) is 16.5. The maximum atomic E-state index is 11.9. The Morgan fingerprint density at radius 2 is 1.95 bits per heavy atom. The Morgan fingerprint density at radius 3 is 2.62 bits per heavy atom. The first-order valence-corrected chi connectivity index (χ1v) is 9.26. The minimum absolute atomic E-state index is 0.0957. The number of unbranched alkanes of at least 4 members (excludes halogenated alkanes) is 2. The van der Waals surface area contributed by atoms with Gasteiger partial charge in [-0.15, -0.1) is 0 Å². The molecule has 1 aromatic heterocycles. The molecular weight excluding hydrogens is 288 g/mol. The molecule has 1 aliphatic rings. The maximum absolute atomic E-state index is 11.9. The first-order chi connectivity index (χ1) is 10.1. The second-order valence-electron chi connectivity index (χ2n) is 5.74. The van der Waals surface area contributed by atoms with Gasteiger partial charge in [0.15, 0.2) is 5.03 Å². The molecule has 1 aromatic rings. The summed E-state index contributed by atoms with van der Waals surface area (Å²) in [6.07, 6.45) is 10.1. The monoisotopic (exact) mass is 314 g/mol. The molecule has 2 rings (SSSR count). The summed E-state index contributed by atoms with van der Waals surface area (Å²) in [6, 6.07) is 0. The zero-order chi connectivity index (χ0) is 15.1. The minimum Gasteiger partial charge on any atom is -0.339 e. The van der Waals surface area contributed by atoms with Crippen molar-refractivity contribution in [1.82, 2.24) is 19.2 Å². The van der Waals surface area contributed by atoms with Gasteiger partial charge in [0, 0.05) is 19.8 Å². The molecule has 0 atom stereocenters. The van der Waals surface area contributed by atoms with E-state index in [2.05, 4.69) is 14.6 Å². The van der Waals surface area contributed by atoms with Gasteiger partial charge in [-0.05, 0) is 45.3 Å². The van der Waals surface area contributed by atoms with Crippen LogP contribution >= 0.6 is 0 Å². The van der Waals surface area contributed by atoms with Crippen LogP contribution in [0.15, 0.2) is 17.6 Å². The number of nitrogens with zero attached hydrogens (tertiary/aromatic N) is 3. The van der Waals surface area contributed by atoms with Gasteiger partial charge < -0.3 is 9.47 Å². The molecule has 6 nitrogen and oxygen atoms in total. The van der Waals surface area contributed by atoms with Crippen LogP contribution in [0.4, 0.5) is 0 Å². The van der Waals surface area contributed by atoms with E-state index in [1.54, 1.807) is 11.6 Å². The Bertz CT molecular complexity index is 521. The highest BCUT2D eigenvalue weighted by atomic mass is 32.2. The number of aromatic nitrogens is 2. The van der Waals surface area contributed by atoms with Gasteiger partial charge >= 0.3 is 0 Å². The van der Waals surface area contributed by atoms with Crippen LogP contribution in [0.1, 0.15) is 38.5 Å². The van der Waals surface area contributed by atoms with Crippen molar-refractivity contribution in [3.05, 3.63) is 12.5 Å². The molecule has 0 amide bonds. The predicted molar refractivity (Wildman–Crippen MR) is 82.5 cm³/mol. The van der Waals surface area contributed by atoms with Gasteiger partial charge in [0.1, 0.15) is 0 Å². The number of sulfonamides is 1. The molecule has 1 fully saturated rings. The summed E-state index contributed by atoms with van der Waals surface area (Å²) < 4.78 is 28.1. The number of piperidine rings is 1. The van der Waals surface area contributed by atoms with E-state index in [1.165, 1.54) is 44.9 Å². The maximum Gasteiger partial charge on any atom is 0.259 e. The van der Waals surface area contributed by atoms with Crippen molar-refractivity contribution in [3.63, 3.8) is 0 Å². The van der Waals surface area contributed by atoms with E-state index in [9.17, 15) is 8.42 Å². The summed E-state index contributed by atoms with van der Waals surface area (Å²) in [6.45, 7) is 4.09. The van der Waals surface area contributed by atoms with Gasteiger partial charge in [-0.25, -0.2) is 18.1 Å². The Balaban J connectivity index is 1.59. The van der Waals surface area contributed by atoms with Crippen LogP contribution in [-0.4, -0.2) is 49.0 Å². The van der Waals surface area contributed by atoms with Crippen LogP contribution < -0.4 is 4.72 Å². The Hall–Kier alpha value is -0.920. The zero-order valence-electron chi connectivity index (χ0n) is 12.8. The van der Waals surface area contributed by atoms with Crippen LogP contribution in [0.5, 0.6) is 0 Å². The number of nitrogens with one attached hydrogen (secondary N) is 1. The normalized spacial score (nSPS) is 17.2. The van der Waals surface area contributed by atoms with E-state index < -0.39 is 10.0 Å². The average Bonchev–Trinajstić information content (AvgIpc) is 2.91. The fourth-order valence-corrected chi connectivity index (χ4v) is 3.68. The summed E-state index contributed by atoms with van der Waals surface area (Å²) in [7, 11) is -1.68. The van der Waals surface area contributed by atoms with Crippen molar-refractivity contribution < 1.29 is 8.42 Å². The van der Waals surface area contributed by atoms with Gasteiger partial charge in [-0.2, -0.15) is 0 Å². The van der Waals surface area contributed by atoms with Gasteiger partial charge in [-0.1, -0.05) is 12.8 Å². The average molecular weight is 314 g/mol. The molecule has 120 valence electrons. The fraction of sp³-hybridized carbons (Fsp3) is 0.786. The van der Waals surface area contributed by atoms with Crippen molar-refractivity contribution in [3.8, 4) is 0 Å². The zero-order valence-corrected chi connectivity index (χ0v) is 13.6. The smallest absolute Gasteiger partial charge is 0.259 e. The second-order valence-corrected chi connectivity index (χ2v) is 7.45. The van der Waals surface area contributed by atoms with E-state index in [4.69, 9.17) is 0 Å². The highest BCUT2D eigenvalue weighted by molar-refractivity contribution is 7.89. The summed E-state index contributed by atoms with van der Waals surface area (Å²) in [5.41, 5.74) is 0. The van der Waals surface area contributed by atoms with E-state index in [0.29, 0.717) is 6.54 Å². The molecule has 1 saturated heterocycles. The van der Waals surface area contributed by atoms with E-state index in [0.717, 1.165) is 25.8 Å².